The van der Waals surface area contributed by atoms with Gasteiger partial charge in [-0.05, 0) is 82.9 Å². The van der Waals surface area contributed by atoms with Crippen LogP contribution in [-0.4, -0.2) is 4.57 Å². The van der Waals surface area contributed by atoms with E-state index >= 15 is 8.78 Å². The van der Waals surface area contributed by atoms with Gasteiger partial charge in [-0.1, -0.05) is 60.7 Å². The Morgan fingerprint density at radius 3 is 1.27 bits per heavy atom. The van der Waals surface area contributed by atoms with Gasteiger partial charge in [0.2, 0.25) is 0 Å². The van der Waals surface area contributed by atoms with Crippen molar-refractivity contribution >= 4 is 65.7 Å². The van der Waals surface area contributed by atoms with Crippen LogP contribution < -0.4 is 0 Å². The Hall–Kier alpha value is -7.22. The average Bonchev–Trinajstić information content (AvgIpc) is 3.83. The van der Waals surface area contributed by atoms with Crippen LogP contribution in [0.2, 0.25) is 0 Å². The zero-order valence-electron chi connectivity index (χ0n) is 26.5. The molecule has 5 nitrogen and oxygen atoms in total. The monoisotopic (exact) mass is 661 g/mol. The van der Waals surface area contributed by atoms with Crippen molar-refractivity contribution in [3.05, 3.63) is 150 Å². The van der Waals surface area contributed by atoms with Gasteiger partial charge in [0.25, 0.3) is 0 Å². The minimum Gasteiger partial charge on any atom is -0.456 e. The molecule has 3 aromatic heterocycles. The molecule has 51 heavy (non-hydrogen) atoms. The maximum Gasteiger partial charge on any atom is 0.146 e. The van der Waals surface area contributed by atoms with Gasteiger partial charge in [0.1, 0.15) is 57.2 Å². The minimum absolute atomic E-state index is 0.129. The number of fused-ring (bicyclic) bond motifs is 9. The Labute approximate surface area is 288 Å². The first-order valence-electron chi connectivity index (χ1n) is 16.2. The van der Waals surface area contributed by atoms with Gasteiger partial charge in [0.15, 0.2) is 0 Å². The summed E-state index contributed by atoms with van der Waals surface area (Å²) >= 11 is 0. The number of aromatic nitrogens is 1. The molecule has 238 valence electrons. The number of hydrogen-bond acceptors (Lipinski definition) is 4. The lowest BCUT2D eigenvalue weighted by Crippen LogP contribution is -2.06. The van der Waals surface area contributed by atoms with E-state index in [-0.39, 0.29) is 5.69 Å². The van der Waals surface area contributed by atoms with Crippen molar-refractivity contribution in [1.82, 2.24) is 4.57 Å². The largest absolute Gasteiger partial charge is 0.456 e. The maximum absolute atomic E-state index is 15.2. The first kappa shape index (κ1) is 28.8. The van der Waals surface area contributed by atoms with Crippen LogP contribution >= 0.6 is 0 Å². The van der Waals surface area contributed by atoms with Gasteiger partial charge in [-0.25, -0.2) is 8.78 Å². The zero-order chi connectivity index (χ0) is 34.4. The van der Waals surface area contributed by atoms with Gasteiger partial charge in [-0.2, -0.15) is 10.5 Å². The van der Waals surface area contributed by atoms with Crippen LogP contribution in [0.5, 0.6) is 0 Å². The maximum atomic E-state index is 15.2. The molecule has 0 aliphatic heterocycles. The summed E-state index contributed by atoms with van der Waals surface area (Å²) in [5.41, 5.74) is 7.16. The summed E-state index contributed by atoms with van der Waals surface area (Å²) in [5, 5.41) is 25.7. The van der Waals surface area contributed by atoms with Crippen molar-refractivity contribution in [2.24, 2.45) is 0 Å². The minimum atomic E-state index is -1.03. The number of halogens is 2. The number of rotatable bonds is 3. The number of nitriles is 2. The molecular weight excluding hydrogens is 640 g/mol. The number of hydrogen-bond donors (Lipinski definition) is 0. The molecule has 3 heterocycles. The summed E-state index contributed by atoms with van der Waals surface area (Å²) in [6.45, 7) is 0. The van der Waals surface area contributed by atoms with E-state index in [9.17, 15) is 10.5 Å². The Kier molecular flexibility index (Phi) is 6.00. The highest BCUT2D eigenvalue weighted by molar-refractivity contribution is 6.13. The summed E-state index contributed by atoms with van der Waals surface area (Å²) in [7, 11) is 0. The van der Waals surface area contributed by atoms with E-state index in [0.29, 0.717) is 17.1 Å². The molecular formula is C44H21F2N3O2. The molecule has 10 aromatic rings. The lowest BCUT2D eigenvalue weighted by atomic mass is 9.98. The Bertz CT molecular complexity index is 3000. The molecule has 10 rings (SSSR count). The third-order valence-corrected chi connectivity index (χ3v) is 9.84. The van der Waals surface area contributed by atoms with Gasteiger partial charge >= 0.3 is 0 Å². The molecule has 0 fully saturated rings. The van der Waals surface area contributed by atoms with Crippen LogP contribution in [0.25, 0.3) is 93.6 Å². The third kappa shape index (κ3) is 4.16. The van der Waals surface area contributed by atoms with Gasteiger partial charge in [-0.15, -0.1) is 0 Å². The van der Waals surface area contributed by atoms with Crippen LogP contribution in [0.15, 0.2) is 136 Å². The molecule has 0 atom stereocenters. The van der Waals surface area contributed by atoms with Crippen LogP contribution in [0.3, 0.4) is 0 Å². The molecule has 0 spiro atoms. The molecule has 0 bridgehead atoms. The van der Waals surface area contributed by atoms with Gasteiger partial charge < -0.3 is 13.4 Å². The molecule has 7 aromatic carbocycles. The highest BCUT2D eigenvalue weighted by Gasteiger charge is 2.25. The van der Waals surface area contributed by atoms with E-state index in [0.717, 1.165) is 76.9 Å². The van der Waals surface area contributed by atoms with Crippen molar-refractivity contribution in [3.63, 3.8) is 0 Å². The number of nitrogens with zero attached hydrogens (tertiary/aromatic N) is 3. The van der Waals surface area contributed by atoms with E-state index in [1.807, 2.05) is 121 Å². The van der Waals surface area contributed by atoms with Crippen LogP contribution in [-0.2, 0) is 0 Å². The second-order valence-electron chi connectivity index (χ2n) is 12.6. The van der Waals surface area contributed by atoms with Crippen molar-refractivity contribution in [2.45, 2.75) is 0 Å². The smallest absolute Gasteiger partial charge is 0.146 e. The molecule has 0 saturated heterocycles. The van der Waals surface area contributed by atoms with Gasteiger partial charge in [0.05, 0.1) is 16.7 Å². The lowest BCUT2D eigenvalue weighted by molar-refractivity contribution is 0.577. The molecule has 0 N–H and O–H groups in total. The summed E-state index contributed by atoms with van der Waals surface area (Å²) in [6.07, 6.45) is 0. The summed E-state index contributed by atoms with van der Waals surface area (Å²) in [4.78, 5) is 0. The van der Waals surface area contributed by atoms with Crippen LogP contribution in [0, 0.1) is 34.3 Å². The Morgan fingerprint density at radius 1 is 0.431 bits per heavy atom. The fraction of sp³-hybridized carbons (Fsp3) is 0. The van der Waals surface area contributed by atoms with Crippen molar-refractivity contribution < 1.29 is 17.6 Å². The Morgan fingerprint density at radius 2 is 0.824 bits per heavy atom. The normalized spacial score (nSPS) is 11.7. The summed E-state index contributed by atoms with van der Waals surface area (Å²) < 4.78 is 44.2. The highest BCUT2D eigenvalue weighted by Crippen LogP contribution is 2.41. The first-order chi connectivity index (χ1) is 25.0. The van der Waals surface area contributed by atoms with Gasteiger partial charge in [-0.3, -0.25) is 0 Å². The van der Waals surface area contributed by atoms with Crippen molar-refractivity contribution in [3.8, 4) is 40.1 Å². The van der Waals surface area contributed by atoms with E-state index in [1.165, 1.54) is 0 Å². The standard InChI is InChI=1S/C44H21F2N3O2/c45-36-21-37(46)35(23-48)44(34(36)22-47)49-38-13-9-24(26-11-15-42-32(19-26)28-5-1-3-7-40(28)50-42)17-30(38)31-18-25(10-14-39(31)49)27-12-16-43-33(20-27)29-6-2-4-8-41(29)51-43/h1-21H. The van der Waals surface area contributed by atoms with Crippen LogP contribution in [0.4, 0.5) is 8.78 Å². The predicted molar refractivity (Wildman–Crippen MR) is 196 cm³/mol. The number of benzene rings is 7. The van der Waals surface area contributed by atoms with E-state index < -0.39 is 22.8 Å². The third-order valence-electron chi connectivity index (χ3n) is 9.84. The second kappa shape index (κ2) is 10.6. The Balaban J connectivity index is 1.26. The SMILES string of the molecule is N#Cc1c(F)cc(F)c(C#N)c1-n1c2ccc(-c3ccc4oc5ccccc5c4c3)cc2c2cc(-c3ccc4oc5ccccc5c4c3)ccc21. The topological polar surface area (TPSA) is 78.8 Å². The lowest BCUT2D eigenvalue weighted by Gasteiger charge is -2.13. The average molecular weight is 662 g/mol. The van der Waals surface area contributed by atoms with E-state index in [2.05, 4.69) is 12.1 Å². The molecule has 0 aliphatic carbocycles. The summed E-state index contributed by atoms with van der Waals surface area (Å²) in [5.74, 6) is -2.07. The zero-order valence-corrected chi connectivity index (χ0v) is 26.5. The van der Waals surface area contributed by atoms with Gasteiger partial charge in [0, 0.05) is 38.4 Å². The molecule has 7 heteroatoms. The fourth-order valence-electron chi connectivity index (χ4n) is 7.48. The predicted octanol–water partition coefficient (Wildman–Crippen LogP) is 11.9. The molecule has 0 radical (unpaired) electrons. The van der Waals surface area contributed by atoms with E-state index in [1.54, 1.807) is 4.57 Å². The molecule has 0 unspecified atom stereocenters. The van der Waals surface area contributed by atoms with E-state index in [4.69, 9.17) is 8.83 Å². The summed E-state index contributed by atoms with van der Waals surface area (Å²) in [6, 6.07) is 44.0. The number of para-hydroxylation sites is 2. The highest BCUT2D eigenvalue weighted by atomic mass is 19.1. The quantitative estimate of drug-likeness (QED) is 0.189. The molecule has 0 aliphatic rings. The van der Waals surface area contributed by atoms with Crippen molar-refractivity contribution in [1.29, 1.82) is 10.5 Å². The number of furan rings is 2. The van der Waals surface area contributed by atoms with Crippen molar-refractivity contribution in [2.75, 3.05) is 0 Å². The fourth-order valence-corrected chi connectivity index (χ4v) is 7.48. The molecule has 0 amide bonds. The van der Waals surface area contributed by atoms with Crippen LogP contribution in [0.1, 0.15) is 11.1 Å². The first-order valence-corrected chi connectivity index (χ1v) is 16.2. The molecule has 0 saturated carbocycles. The second-order valence-corrected chi connectivity index (χ2v) is 12.6.